The van der Waals surface area contributed by atoms with Crippen LogP contribution in [0.4, 0.5) is 0 Å². The van der Waals surface area contributed by atoms with Gasteiger partial charge in [-0.05, 0) is 25.1 Å². The molecule has 0 N–H and O–H groups in total. The van der Waals surface area contributed by atoms with Crippen molar-refractivity contribution >= 4 is 16.6 Å². The lowest BCUT2D eigenvalue weighted by atomic mass is 10.1. The van der Waals surface area contributed by atoms with Gasteiger partial charge in [-0.25, -0.2) is 0 Å². The number of hydrogen-bond acceptors (Lipinski definition) is 3. The Hall–Kier alpha value is -2.10. The first kappa shape index (κ1) is 11.4. The summed E-state index contributed by atoms with van der Waals surface area (Å²) >= 11 is 0. The summed E-state index contributed by atoms with van der Waals surface area (Å²) in [7, 11) is 1.70. The maximum absolute atomic E-state index is 11.9. The Morgan fingerprint density at radius 3 is 2.76 bits per heavy atom. The van der Waals surface area contributed by atoms with Crippen LogP contribution in [0, 0.1) is 0 Å². The second-order valence-corrected chi connectivity index (χ2v) is 3.94. The molecule has 4 nitrogen and oxygen atoms in total. The van der Waals surface area contributed by atoms with Gasteiger partial charge in [-0.3, -0.25) is 9.59 Å². The van der Waals surface area contributed by atoms with Crippen LogP contribution in [0.3, 0.4) is 0 Å². The lowest BCUT2D eigenvalue weighted by molar-refractivity contribution is -0.118. The minimum atomic E-state index is -0.0734. The van der Waals surface area contributed by atoms with Crippen LogP contribution < -0.4 is 10.3 Å². The molecule has 1 heterocycles. The van der Waals surface area contributed by atoms with Crippen LogP contribution in [0.5, 0.6) is 5.75 Å². The highest BCUT2D eigenvalue weighted by atomic mass is 16.5. The summed E-state index contributed by atoms with van der Waals surface area (Å²) < 4.78 is 6.89. The first-order valence-electron chi connectivity index (χ1n) is 5.30. The van der Waals surface area contributed by atoms with E-state index >= 15 is 0 Å². The summed E-state index contributed by atoms with van der Waals surface area (Å²) in [6.45, 7) is 1.48. The molecule has 2 aromatic rings. The van der Waals surface area contributed by atoms with Gasteiger partial charge in [0.05, 0.1) is 5.39 Å². The molecule has 2 rings (SSSR count). The molecule has 0 spiro atoms. The fourth-order valence-corrected chi connectivity index (χ4v) is 1.65. The molecule has 0 aliphatic heterocycles. The minimum Gasteiger partial charge on any atom is -0.485 e. The minimum absolute atomic E-state index is 0.0221. The quantitative estimate of drug-likeness (QED) is 0.804. The number of carbonyl (C=O) groups excluding carboxylic acids is 1. The molecular weight excluding hydrogens is 218 g/mol. The fraction of sp³-hybridized carbons (Fsp3) is 0.231. The molecule has 0 bridgehead atoms. The molecule has 0 aliphatic rings. The molecule has 0 aliphatic carbocycles. The standard InChI is InChI=1S/C13H13NO3/c1-9(15)8-17-12-5-3-4-11-10(12)6-7-14(2)13(11)16/h3-7H,8H2,1-2H3. The Morgan fingerprint density at radius 1 is 1.29 bits per heavy atom. The Bertz CT molecular complexity index is 628. The molecule has 0 unspecified atom stereocenters. The van der Waals surface area contributed by atoms with Gasteiger partial charge < -0.3 is 9.30 Å². The van der Waals surface area contributed by atoms with Gasteiger partial charge in [-0.2, -0.15) is 0 Å². The highest BCUT2D eigenvalue weighted by Gasteiger charge is 2.06. The van der Waals surface area contributed by atoms with Gasteiger partial charge in [-0.15, -0.1) is 0 Å². The van der Waals surface area contributed by atoms with Crippen molar-refractivity contribution in [2.75, 3.05) is 6.61 Å². The highest BCUT2D eigenvalue weighted by Crippen LogP contribution is 2.22. The zero-order valence-electron chi connectivity index (χ0n) is 9.77. The topological polar surface area (TPSA) is 48.3 Å². The van der Waals surface area contributed by atoms with Crippen LogP contribution in [0.2, 0.25) is 0 Å². The van der Waals surface area contributed by atoms with Gasteiger partial charge in [-0.1, -0.05) is 6.07 Å². The van der Waals surface area contributed by atoms with E-state index in [0.717, 1.165) is 5.39 Å². The normalized spacial score (nSPS) is 10.5. The summed E-state index contributed by atoms with van der Waals surface area (Å²) in [4.78, 5) is 22.7. The van der Waals surface area contributed by atoms with Crippen molar-refractivity contribution in [3.8, 4) is 5.75 Å². The van der Waals surface area contributed by atoms with Crippen LogP contribution in [-0.4, -0.2) is 17.0 Å². The average molecular weight is 231 g/mol. The molecule has 0 fully saturated rings. The lowest BCUT2D eigenvalue weighted by Crippen LogP contribution is -2.16. The molecule has 1 aromatic heterocycles. The number of nitrogens with zero attached hydrogens (tertiary/aromatic N) is 1. The van der Waals surface area contributed by atoms with E-state index in [1.54, 1.807) is 31.4 Å². The number of aryl methyl sites for hydroxylation is 1. The van der Waals surface area contributed by atoms with Crippen LogP contribution in [0.1, 0.15) is 6.92 Å². The predicted octanol–water partition coefficient (Wildman–Crippen LogP) is 1.51. The number of carbonyl (C=O) groups is 1. The van der Waals surface area contributed by atoms with Crippen molar-refractivity contribution in [2.24, 2.45) is 7.05 Å². The molecule has 0 saturated heterocycles. The fourth-order valence-electron chi connectivity index (χ4n) is 1.65. The van der Waals surface area contributed by atoms with Crippen molar-refractivity contribution < 1.29 is 9.53 Å². The van der Waals surface area contributed by atoms with Gasteiger partial charge >= 0.3 is 0 Å². The van der Waals surface area contributed by atoms with Crippen LogP contribution >= 0.6 is 0 Å². The van der Waals surface area contributed by atoms with E-state index in [9.17, 15) is 9.59 Å². The Morgan fingerprint density at radius 2 is 2.06 bits per heavy atom. The Kier molecular flexibility index (Phi) is 2.95. The maximum atomic E-state index is 11.9. The molecular formula is C13H13NO3. The number of ether oxygens (including phenoxy) is 1. The van der Waals surface area contributed by atoms with E-state index in [1.807, 2.05) is 6.07 Å². The van der Waals surface area contributed by atoms with E-state index in [-0.39, 0.29) is 17.9 Å². The largest absolute Gasteiger partial charge is 0.485 e. The monoisotopic (exact) mass is 231 g/mol. The van der Waals surface area contributed by atoms with Gasteiger partial charge in [0.1, 0.15) is 12.4 Å². The molecule has 0 saturated carbocycles. The summed E-state index contributed by atoms with van der Waals surface area (Å²) in [5, 5.41) is 1.33. The van der Waals surface area contributed by atoms with E-state index < -0.39 is 0 Å². The highest BCUT2D eigenvalue weighted by molar-refractivity contribution is 5.88. The Balaban J connectivity index is 2.55. The molecule has 4 heteroatoms. The van der Waals surface area contributed by atoms with E-state index in [0.29, 0.717) is 11.1 Å². The van der Waals surface area contributed by atoms with Crippen molar-refractivity contribution in [2.45, 2.75) is 6.92 Å². The number of aromatic nitrogens is 1. The number of benzene rings is 1. The average Bonchev–Trinajstić information content (AvgIpc) is 2.31. The number of Topliss-reactive ketones (excluding diaryl/α,β-unsaturated/α-hetero) is 1. The second kappa shape index (κ2) is 4.41. The SMILES string of the molecule is CC(=O)COc1cccc2c(=O)n(C)ccc12. The third-order valence-corrected chi connectivity index (χ3v) is 2.51. The first-order chi connectivity index (χ1) is 8.09. The summed E-state index contributed by atoms with van der Waals surface area (Å²) in [5.41, 5.74) is -0.0734. The molecule has 0 atom stereocenters. The molecule has 0 amide bonds. The van der Waals surface area contributed by atoms with Crippen molar-refractivity contribution in [3.63, 3.8) is 0 Å². The van der Waals surface area contributed by atoms with Crippen molar-refractivity contribution in [3.05, 3.63) is 40.8 Å². The molecule has 1 aromatic carbocycles. The summed E-state index contributed by atoms with van der Waals surface area (Å²) in [6.07, 6.45) is 1.69. The zero-order chi connectivity index (χ0) is 12.4. The van der Waals surface area contributed by atoms with E-state index in [2.05, 4.69) is 0 Å². The third-order valence-electron chi connectivity index (χ3n) is 2.51. The first-order valence-corrected chi connectivity index (χ1v) is 5.30. The summed E-state index contributed by atoms with van der Waals surface area (Å²) in [6, 6.07) is 7.06. The van der Waals surface area contributed by atoms with Gasteiger partial charge in [0.25, 0.3) is 5.56 Å². The number of hydrogen-bond donors (Lipinski definition) is 0. The van der Waals surface area contributed by atoms with E-state index in [4.69, 9.17) is 4.74 Å². The number of fused-ring (bicyclic) bond motifs is 1. The van der Waals surface area contributed by atoms with Gasteiger partial charge in [0, 0.05) is 18.6 Å². The molecule has 0 radical (unpaired) electrons. The number of ketones is 1. The van der Waals surface area contributed by atoms with Crippen LogP contribution in [0.25, 0.3) is 10.8 Å². The number of rotatable bonds is 3. The second-order valence-electron chi connectivity index (χ2n) is 3.94. The molecule has 88 valence electrons. The summed E-state index contributed by atoms with van der Waals surface area (Å²) in [5.74, 6) is 0.515. The zero-order valence-corrected chi connectivity index (χ0v) is 9.77. The smallest absolute Gasteiger partial charge is 0.258 e. The van der Waals surface area contributed by atoms with Crippen LogP contribution in [0.15, 0.2) is 35.3 Å². The van der Waals surface area contributed by atoms with Crippen molar-refractivity contribution in [1.82, 2.24) is 4.57 Å². The predicted molar refractivity (Wildman–Crippen MR) is 65.4 cm³/mol. The molecule has 17 heavy (non-hydrogen) atoms. The number of pyridine rings is 1. The van der Waals surface area contributed by atoms with Gasteiger partial charge in [0.15, 0.2) is 5.78 Å². The van der Waals surface area contributed by atoms with Crippen molar-refractivity contribution in [1.29, 1.82) is 0 Å². The van der Waals surface area contributed by atoms with Gasteiger partial charge in [0.2, 0.25) is 0 Å². The third kappa shape index (κ3) is 2.20. The Labute approximate surface area is 98.4 Å². The van der Waals surface area contributed by atoms with Crippen LogP contribution in [-0.2, 0) is 11.8 Å². The lowest BCUT2D eigenvalue weighted by Gasteiger charge is -2.08. The maximum Gasteiger partial charge on any atom is 0.258 e. The van der Waals surface area contributed by atoms with E-state index in [1.165, 1.54) is 11.5 Å².